The summed E-state index contributed by atoms with van der Waals surface area (Å²) < 4.78 is 54.3. The van der Waals surface area contributed by atoms with Gasteiger partial charge in [-0.05, 0) is 12.3 Å². The first-order valence-electron chi connectivity index (χ1n) is 5.15. The Hall–Kier alpha value is -0.910. The van der Waals surface area contributed by atoms with Crippen LogP contribution in [0.3, 0.4) is 0 Å². The molecule has 3 unspecified atom stereocenters. The second-order valence-corrected chi connectivity index (χ2v) is 5.28. The Kier molecular flexibility index (Phi) is 2.15. The lowest BCUT2D eigenvalue weighted by Crippen LogP contribution is -2.46. The molecule has 3 atom stereocenters. The van der Waals surface area contributed by atoms with Gasteiger partial charge in [0.15, 0.2) is 0 Å². The maximum atomic E-state index is 14.3. The molecule has 1 saturated carbocycles. The minimum atomic E-state index is -5.17. The smallest absolute Gasteiger partial charge is 0.292 e. The quantitative estimate of drug-likeness (QED) is 0.529. The minimum Gasteiger partial charge on any atom is -0.292 e. The van der Waals surface area contributed by atoms with Crippen molar-refractivity contribution < 1.29 is 27.1 Å². The highest BCUT2D eigenvalue weighted by Gasteiger charge is 2.75. The molecule has 0 N–H and O–H groups in total. The van der Waals surface area contributed by atoms with Gasteiger partial charge in [-0.2, -0.15) is 0 Å². The summed E-state index contributed by atoms with van der Waals surface area (Å²) >= 11 is 0. The van der Waals surface area contributed by atoms with Crippen molar-refractivity contribution in [1.82, 2.24) is 0 Å². The number of halogens is 4. The van der Waals surface area contributed by atoms with Crippen LogP contribution in [0.15, 0.2) is 12.2 Å². The number of allylic oxidation sites excluding steroid dienone is 1. The van der Waals surface area contributed by atoms with E-state index in [4.69, 9.17) is 0 Å². The highest BCUT2D eigenvalue weighted by Crippen LogP contribution is 2.65. The van der Waals surface area contributed by atoms with Crippen LogP contribution >= 0.6 is 0 Å². The van der Waals surface area contributed by atoms with Crippen molar-refractivity contribution in [2.45, 2.75) is 33.0 Å². The van der Waals surface area contributed by atoms with Crippen molar-refractivity contribution >= 4 is 5.78 Å². The van der Waals surface area contributed by atoms with Gasteiger partial charge in [-0.15, -0.1) is 13.2 Å². The van der Waals surface area contributed by atoms with E-state index in [0.717, 1.165) is 0 Å². The van der Waals surface area contributed by atoms with E-state index in [2.05, 4.69) is 4.74 Å². The van der Waals surface area contributed by atoms with Crippen LogP contribution < -0.4 is 0 Å². The molecule has 2 aliphatic carbocycles. The molecule has 0 aliphatic heterocycles. The largest absolute Gasteiger partial charge is 0.525 e. The van der Waals surface area contributed by atoms with Crippen LogP contribution in [-0.2, 0) is 9.53 Å². The zero-order valence-electron chi connectivity index (χ0n) is 9.56. The van der Waals surface area contributed by atoms with Gasteiger partial charge in [0, 0.05) is 0 Å². The molecule has 1 fully saturated rings. The summed E-state index contributed by atoms with van der Waals surface area (Å²) in [4.78, 5) is 11.9. The Morgan fingerprint density at radius 2 is 1.82 bits per heavy atom. The number of Topliss-reactive ketones (excluding diaryl/α,β-unsaturated/α-hetero) is 1. The van der Waals surface area contributed by atoms with Crippen molar-refractivity contribution in [3.05, 3.63) is 12.2 Å². The Morgan fingerprint density at radius 1 is 1.29 bits per heavy atom. The fraction of sp³-hybridized carbons (Fsp3) is 0.727. The first-order valence-corrected chi connectivity index (χ1v) is 5.15. The van der Waals surface area contributed by atoms with Gasteiger partial charge in [0.25, 0.3) is 5.85 Å². The fourth-order valence-electron chi connectivity index (χ4n) is 2.80. The summed E-state index contributed by atoms with van der Waals surface area (Å²) in [6, 6.07) is 0. The third-order valence-corrected chi connectivity index (χ3v) is 4.18. The lowest BCUT2D eigenvalue weighted by molar-refractivity contribution is -0.387. The van der Waals surface area contributed by atoms with Crippen molar-refractivity contribution in [2.75, 3.05) is 0 Å². The number of fused-ring (bicyclic) bond motifs is 2. The molecule has 2 nitrogen and oxygen atoms in total. The first kappa shape index (κ1) is 12.5. The van der Waals surface area contributed by atoms with E-state index in [-0.39, 0.29) is 0 Å². The number of alkyl halides is 4. The topological polar surface area (TPSA) is 26.3 Å². The number of ether oxygens (including phenoxy) is 1. The standard InChI is InChI=1S/C11H12F4O2/c1-8(2)6-4-5-9(8,3)7(16)10(6,12)17-11(13,14)15/h4-6H,1-3H3. The van der Waals surface area contributed by atoms with E-state index < -0.39 is 34.7 Å². The Labute approximate surface area is 95.6 Å². The van der Waals surface area contributed by atoms with Crippen LogP contribution in [0.5, 0.6) is 0 Å². The number of carbonyl (C=O) groups is 1. The molecule has 0 heterocycles. The van der Waals surface area contributed by atoms with Gasteiger partial charge < -0.3 is 0 Å². The molecule has 2 bridgehead atoms. The fourth-order valence-corrected chi connectivity index (χ4v) is 2.80. The zero-order valence-corrected chi connectivity index (χ0v) is 9.56. The molecule has 0 saturated heterocycles. The van der Waals surface area contributed by atoms with E-state index in [1.54, 1.807) is 13.8 Å². The summed E-state index contributed by atoms with van der Waals surface area (Å²) in [5.41, 5.74) is -2.18. The van der Waals surface area contributed by atoms with Crippen molar-refractivity contribution in [3.63, 3.8) is 0 Å². The molecule has 0 aromatic heterocycles. The van der Waals surface area contributed by atoms with Crippen molar-refractivity contribution in [3.8, 4) is 0 Å². The van der Waals surface area contributed by atoms with Gasteiger partial charge in [0.05, 0.1) is 11.3 Å². The molecular weight excluding hydrogens is 240 g/mol. The summed E-state index contributed by atoms with van der Waals surface area (Å²) in [7, 11) is 0. The van der Waals surface area contributed by atoms with Crippen LogP contribution in [0.25, 0.3) is 0 Å². The van der Waals surface area contributed by atoms with Crippen molar-refractivity contribution in [2.24, 2.45) is 16.7 Å². The van der Waals surface area contributed by atoms with E-state index in [0.29, 0.717) is 0 Å². The SMILES string of the molecule is CC12C=CC(C(F)(OC(F)(F)F)C1=O)C2(C)C. The predicted octanol–water partition coefficient (Wildman–Crippen LogP) is 2.99. The van der Waals surface area contributed by atoms with E-state index in [9.17, 15) is 22.4 Å². The Morgan fingerprint density at radius 3 is 2.18 bits per heavy atom. The third kappa shape index (κ3) is 1.33. The highest BCUT2D eigenvalue weighted by molar-refractivity contribution is 5.98. The number of rotatable bonds is 1. The van der Waals surface area contributed by atoms with Gasteiger partial charge >= 0.3 is 6.36 Å². The van der Waals surface area contributed by atoms with E-state index in [1.807, 2.05) is 0 Å². The first-order chi connectivity index (χ1) is 7.45. The monoisotopic (exact) mass is 252 g/mol. The van der Waals surface area contributed by atoms with Gasteiger partial charge in [0.1, 0.15) is 0 Å². The maximum absolute atomic E-state index is 14.3. The lowest BCUT2D eigenvalue weighted by atomic mass is 9.70. The number of hydrogen-bond acceptors (Lipinski definition) is 2. The van der Waals surface area contributed by atoms with Gasteiger partial charge in [-0.3, -0.25) is 4.79 Å². The molecule has 0 aromatic carbocycles. The average molecular weight is 252 g/mol. The maximum Gasteiger partial charge on any atom is 0.525 e. The summed E-state index contributed by atoms with van der Waals surface area (Å²) in [5, 5.41) is 0. The van der Waals surface area contributed by atoms with Crippen LogP contribution in [0.4, 0.5) is 17.6 Å². The molecule has 96 valence electrons. The molecule has 0 radical (unpaired) electrons. The van der Waals surface area contributed by atoms with Crippen molar-refractivity contribution in [1.29, 1.82) is 0 Å². The normalized spacial score (nSPS) is 43.5. The lowest BCUT2D eigenvalue weighted by Gasteiger charge is -2.31. The van der Waals surface area contributed by atoms with E-state index >= 15 is 0 Å². The molecule has 0 spiro atoms. The Bertz CT molecular complexity index is 412. The van der Waals surface area contributed by atoms with Crippen LogP contribution in [0, 0.1) is 16.7 Å². The highest BCUT2D eigenvalue weighted by atomic mass is 19.4. The Balaban J connectivity index is 2.48. The van der Waals surface area contributed by atoms with Gasteiger partial charge in [-0.25, -0.2) is 9.13 Å². The van der Waals surface area contributed by atoms with Gasteiger partial charge in [0.2, 0.25) is 5.78 Å². The second kappa shape index (κ2) is 2.91. The number of hydrogen-bond donors (Lipinski definition) is 0. The number of carbonyl (C=O) groups excluding carboxylic acids is 1. The molecular formula is C11H12F4O2. The molecule has 6 heteroatoms. The van der Waals surface area contributed by atoms with E-state index in [1.165, 1.54) is 19.1 Å². The number of ketones is 1. The van der Waals surface area contributed by atoms with Gasteiger partial charge in [-0.1, -0.05) is 26.0 Å². The van der Waals surface area contributed by atoms with Crippen LogP contribution in [-0.4, -0.2) is 18.0 Å². The molecule has 2 rings (SSSR count). The van der Waals surface area contributed by atoms with Crippen LogP contribution in [0.2, 0.25) is 0 Å². The summed E-state index contributed by atoms with van der Waals surface area (Å²) in [5.74, 6) is -5.67. The average Bonchev–Trinajstić information content (AvgIpc) is 2.38. The van der Waals surface area contributed by atoms with Crippen LogP contribution in [0.1, 0.15) is 20.8 Å². The molecule has 0 amide bonds. The summed E-state index contributed by atoms with van der Waals surface area (Å²) in [6.07, 6.45) is -2.40. The molecule has 0 aromatic rings. The summed E-state index contributed by atoms with van der Waals surface area (Å²) in [6.45, 7) is 4.57. The molecule has 17 heavy (non-hydrogen) atoms. The predicted molar refractivity (Wildman–Crippen MR) is 50.5 cm³/mol. The minimum absolute atomic E-state index is 0.927. The molecule has 2 aliphatic rings. The third-order valence-electron chi connectivity index (χ3n) is 4.18. The second-order valence-electron chi connectivity index (χ2n) is 5.28. The zero-order chi connectivity index (χ0) is 13.3.